The molecule has 0 fully saturated rings. The first-order valence-electron chi connectivity index (χ1n) is 6.27. The molecule has 0 saturated carbocycles. The summed E-state index contributed by atoms with van der Waals surface area (Å²) < 4.78 is 32.4. The number of halogens is 1. The van der Waals surface area contributed by atoms with E-state index in [1.807, 2.05) is 19.1 Å². The Morgan fingerprint density at radius 3 is 2.67 bits per heavy atom. The van der Waals surface area contributed by atoms with Gasteiger partial charge < -0.3 is 4.74 Å². The average molecular weight is 346 g/mol. The van der Waals surface area contributed by atoms with Gasteiger partial charge in [-0.05, 0) is 37.3 Å². The van der Waals surface area contributed by atoms with Crippen molar-refractivity contribution in [3.8, 4) is 0 Å². The monoisotopic (exact) mass is 345 g/mol. The Morgan fingerprint density at radius 2 is 2.10 bits per heavy atom. The Kier molecular flexibility index (Phi) is 5.40. The molecule has 0 bridgehead atoms. The molecule has 0 aliphatic rings. The third-order valence-electron chi connectivity index (χ3n) is 2.93. The number of benzene rings is 1. The largest absolute Gasteiger partial charge is 0.375 e. The van der Waals surface area contributed by atoms with Crippen LogP contribution >= 0.6 is 22.9 Å². The summed E-state index contributed by atoms with van der Waals surface area (Å²) in [4.78, 5) is 2.29. The lowest BCUT2D eigenvalue weighted by Crippen LogP contribution is -2.29. The predicted molar refractivity (Wildman–Crippen MR) is 85.4 cm³/mol. The molecule has 0 radical (unpaired) electrons. The molecule has 1 N–H and O–H groups in total. The van der Waals surface area contributed by atoms with Crippen molar-refractivity contribution >= 4 is 33.0 Å². The van der Waals surface area contributed by atoms with E-state index in [2.05, 4.69) is 4.72 Å². The number of hydrogen-bond acceptors (Lipinski definition) is 4. The van der Waals surface area contributed by atoms with Crippen LogP contribution in [0.3, 0.4) is 0 Å². The molecule has 7 heteroatoms. The van der Waals surface area contributed by atoms with E-state index in [1.165, 1.54) is 12.1 Å². The number of thiophene rings is 1. The maximum Gasteiger partial charge on any atom is 0.240 e. The van der Waals surface area contributed by atoms with Gasteiger partial charge in [0.05, 0.1) is 4.90 Å². The first kappa shape index (κ1) is 16.5. The van der Waals surface area contributed by atoms with E-state index in [1.54, 1.807) is 30.6 Å². The Hall–Kier alpha value is -0.920. The summed E-state index contributed by atoms with van der Waals surface area (Å²) in [6.07, 6.45) is -0.308. The van der Waals surface area contributed by atoms with Gasteiger partial charge in [0.2, 0.25) is 10.0 Å². The van der Waals surface area contributed by atoms with Crippen LogP contribution in [0.25, 0.3) is 0 Å². The van der Waals surface area contributed by atoms with Crippen LogP contribution in [0.1, 0.15) is 15.9 Å². The highest BCUT2D eigenvalue weighted by atomic mass is 35.5. The topological polar surface area (TPSA) is 55.4 Å². The zero-order chi connectivity index (χ0) is 15.5. The summed E-state index contributed by atoms with van der Waals surface area (Å²) in [6.45, 7) is 2.17. The predicted octanol–water partition coefficient (Wildman–Crippen LogP) is 3.38. The third-order valence-corrected chi connectivity index (χ3v) is 5.68. The van der Waals surface area contributed by atoms with Crippen LogP contribution in [0.5, 0.6) is 0 Å². The summed E-state index contributed by atoms with van der Waals surface area (Å²) >= 11 is 7.41. The van der Waals surface area contributed by atoms with Gasteiger partial charge in [-0.2, -0.15) is 0 Å². The molecule has 1 heterocycles. The fourth-order valence-corrected chi connectivity index (χ4v) is 4.12. The van der Waals surface area contributed by atoms with Gasteiger partial charge >= 0.3 is 0 Å². The van der Waals surface area contributed by atoms with Crippen LogP contribution in [0.2, 0.25) is 5.02 Å². The first-order chi connectivity index (χ1) is 9.92. The van der Waals surface area contributed by atoms with Crippen LogP contribution in [0.15, 0.2) is 41.3 Å². The number of hydrogen-bond donors (Lipinski definition) is 1. The van der Waals surface area contributed by atoms with Crippen molar-refractivity contribution in [2.75, 3.05) is 13.7 Å². The number of methoxy groups -OCH3 is 1. The maximum absolute atomic E-state index is 12.2. The molecule has 0 saturated heterocycles. The molecule has 0 spiro atoms. The Labute approximate surface area is 133 Å². The van der Waals surface area contributed by atoms with Gasteiger partial charge in [-0.3, -0.25) is 0 Å². The van der Waals surface area contributed by atoms with Crippen molar-refractivity contribution in [3.63, 3.8) is 0 Å². The lowest BCUT2D eigenvalue weighted by atomic mass is 10.3. The fraction of sp³-hybridized carbons (Fsp3) is 0.286. The number of aryl methyl sites for hydroxylation is 1. The van der Waals surface area contributed by atoms with Crippen LogP contribution in [0, 0.1) is 6.92 Å². The summed E-state index contributed by atoms with van der Waals surface area (Å²) in [5.41, 5.74) is 0. The molecule has 0 aliphatic carbocycles. The number of nitrogens with one attached hydrogen (secondary N) is 1. The summed E-state index contributed by atoms with van der Waals surface area (Å²) in [6, 6.07) is 10.1. The van der Waals surface area contributed by atoms with E-state index in [0.717, 1.165) is 9.75 Å². The van der Waals surface area contributed by atoms with Crippen molar-refractivity contribution in [3.05, 3.63) is 51.2 Å². The quantitative estimate of drug-likeness (QED) is 0.873. The zero-order valence-corrected chi connectivity index (χ0v) is 14.1. The summed E-state index contributed by atoms with van der Waals surface area (Å²) in [5, 5.41) is 0.384. The van der Waals surface area contributed by atoms with Crippen LogP contribution < -0.4 is 4.72 Å². The summed E-state index contributed by atoms with van der Waals surface area (Å²) in [7, 11) is -2.04. The Morgan fingerprint density at radius 1 is 1.33 bits per heavy atom. The molecular weight excluding hydrogens is 330 g/mol. The maximum atomic E-state index is 12.2. The van der Waals surface area contributed by atoms with Crippen LogP contribution in [0.4, 0.5) is 0 Å². The third kappa shape index (κ3) is 4.28. The standard InChI is InChI=1S/C14H16ClNO3S2/c1-10-6-7-14(20-10)13(19-2)9-16-21(17,18)12-5-3-4-11(15)8-12/h3-8,13,16H,9H2,1-2H3. The molecule has 1 aromatic heterocycles. The van der Waals surface area contributed by atoms with Gasteiger partial charge in [-0.15, -0.1) is 11.3 Å². The van der Waals surface area contributed by atoms with Crippen molar-refractivity contribution in [1.82, 2.24) is 4.72 Å². The van der Waals surface area contributed by atoms with E-state index >= 15 is 0 Å². The molecule has 114 valence electrons. The van der Waals surface area contributed by atoms with E-state index < -0.39 is 10.0 Å². The van der Waals surface area contributed by atoms with E-state index in [0.29, 0.717) is 5.02 Å². The van der Waals surface area contributed by atoms with Crippen molar-refractivity contribution < 1.29 is 13.2 Å². The van der Waals surface area contributed by atoms with Crippen molar-refractivity contribution in [2.24, 2.45) is 0 Å². The molecule has 0 aliphatic heterocycles. The molecule has 1 unspecified atom stereocenters. The van der Waals surface area contributed by atoms with Gasteiger partial charge in [0.15, 0.2) is 0 Å². The minimum Gasteiger partial charge on any atom is -0.375 e. The van der Waals surface area contributed by atoms with Gasteiger partial charge in [0.25, 0.3) is 0 Å². The normalized spacial score (nSPS) is 13.3. The highest BCUT2D eigenvalue weighted by Gasteiger charge is 2.19. The minimum absolute atomic E-state index is 0.146. The van der Waals surface area contributed by atoms with Crippen molar-refractivity contribution in [2.45, 2.75) is 17.9 Å². The summed E-state index contributed by atoms with van der Waals surface area (Å²) in [5.74, 6) is 0. The second kappa shape index (κ2) is 6.89. The van der Waals surface area contributed by atoms with Crippen LogP contribution in [-0.4, -0.2) is 22.1 Å². The molecular formula is C14H16ClNO3S2. The molecule has 2 rings (SSSR count). The molecule has 21 heavy (non-hydrogen) atoms. The van der Waals surface area contributed by atoms with E-state index in [9.17, 15) is 8.42 Å². The van der Waals surface area contributed by atoms with Gasteiger partial charge in [-0.1, -0.05) is 17.7 Å². The van der Waals surface area contributed by atoms with Gasteiger partial charge in [0, 0.05) is 28.4 Å². The molecule has 1 aromatic carbocycles. The number of rotatable bonds is 6. The minimum atomic E-state index is -3.60. The molecule has 4 nitrogen and oxygen atoms in total. The van der Waals surface area contributed by atoms with Crippen molar-refractivity contribution in [1.29, 1.82) is 0 Å². The Bertz CT molecular complexity index is 713. The second-order valence-corrected chi connectivity index (χ2v) is 8.00. The molecule has 1 atom stereocenters. The molecule has 0 amide bonds. The van der Waals surface area contributed by atoms with E-state index in [4.69, 9.17) is 16.3 Å². The zero-order valence-electron chi connectivity index (χ0n) is 11.7. The van der Waals surface area contributed by atoms with Gasteiger partial charge in [-0.25, -0.2) is 13.1 Å². The highest BCUT2D eigenvalue weighted by Crippen LogP contribution is 2.25. The second-order valence-electron chi connectivity index (χ2n) is 4.48. The van der Waals surface area contributed by atoms with E-state index in [-0.39, 0.29) is 17.5 Å². The SMILES string of the molecule is COC(CNS(=O)(=O)c1cccc(Cl)c1)c1ccc(C)s1. The average Bonchev–Trinajstić information content (AvgIpc) is 2.86. The first-order valence-corrected chi connectivity index (χ1v) is 8.94. The smallest absolute Gasteiger partial charge is 0.240 e. The lowest BCUT2D eigenvalue weighted by Gasteiger charge is -2.15. The Balaban J connectivity index is 2.10. The number of ether oxygens (including phenoxy) is 1. The molecule has 2 aromatic rings. The highest BCUT2D eigenvalue weighted by molar-refractivity contribution is 7.89. The lowest BCUT2D eigenvalue weighted by molar-refractivity contribution is 0.110. The fourth-order valence-electron chi connectivity index (χ4n) is 1.83. The van der Waals surface area contributed by atoms with Gasteiger partial charge in [0.1, 0.15) is 6.10 Å². The van der Waals surface area contributed by atoms with Crippen LogP contribution in [-0.2, 0) is 14.8 Å². The number of sulfonamides is 1.